The maximum atomic E-state index is 12.8. The molecule has 2 aromatic carbocycles. The Bertz CT molecular complexity index is 1030. The third-order valence-electron chi connectivity index (χ3n) is 5.54. The monoisotopic (exact) mass is 408 g/mol. The van der Waals surface area contributed by atoms with Gasteiger partial charge in [-0.25, -0.2) is 4.79 Å². The zero-order valence-electron chi connectivity index (χ0n) is 17.7. The topological polar surface area (TPSA) is 63.8 Å². The van der Waals surface area contributed by atoms with Crippen LogP contribution in [-0.2, 0) is 15.9 Å². The molecule has 1 aliphatic heterocycles. The number of fused-ring (bicyclic) bond motifs is 3. The highest BCUT2D eigenvalue weighted by atomic mass is 16.6. The minimum atomic E-state index is -0.289. The highest BCUT2D eigenvalue weighted by Crippen LogP contribution is 2.39. The molecule has 1 aliphatic rings. The van der Waals surface area contributed by atoms with Crippen molar-refractivity contribution in [3.63, 3.8) is 0 Å². The first-order chi connectivity index (χ1) is 14.6. The van der Waals surface area contributed by atoms with Crippen molar-refractivity contribution in [3.05, 3.63) is 64.8 Å². The first-order valence-corrected chi connectivity index (χ1v) is 10.4. The predicted molar refractivity (Wildman–Crippen MR) is 116 cm³/mol. The lowest BCUT2D eigenvalue weighted by Gasteiger charge is -2.35. The molecule has 158 valence electrons. The van der Waals surface area contributed by atoms with Gasteiger partial charge in [0.25, 0.3) is 0 Å². The third kappa shape index (κ3) is 3.87. The lowest BCUT2D eigenvalue weighted by atomic mass is 9.92. The number of ether oxygens (including phenoxy) is 3. The van der Waals surface area contributed by atoms with Crippen LogP contribution in [0.1, 0.15) is 35.3 Å². The Morgan fingerprint density at radius 2 is 1.97 bits per heavy atom. The molecule has 0 bridgehead atoms. The smallest absolute Gasteiger partial charge is 0.410 e. The van der Waals surface area contributed by atoms with Crippen molar-refractivity contribution in [3.8, 4) is 5.75 Å². The molecule has 1 amide bonds. The van der Waals surface area contributed by atoms with E-state index in [4.69, 9.17) is 14.2 Å². The average Bonchev–Trinajstić information content (AvgIpc) is 3.12. The molecule has 0 aliphatic carbocycles. The number of hydrogen-bond acceptors (Lipinski definition) is 4. The van der Waals surface area contributed by atoms with Crippen molar-refractivity contribution >= 4 is 17.0 Å². The molecule has 3 aromatic rings. The SMILES string of the molecule is CCOC(=O)N1CCc2c([nH]c3ccc(C)cc23)C1c1ccc(OCCOC)cc1. The summed E-state index contributed by atoms with van der Waals surface area (Å²) >= 11 is 0. The molecule has 0 saturated carbocycles. The number of nitrogens with one attached hydrogen (secondary N) is 1. The van der Waals surface area contributed by atoms with Crippen molar-refractivity contribution in [2.24, 2.45) is 0 Å². The Morgan fingerprint density at radius 3 is 2.70 bits per heavy atom. The summed E-state index contributed by atoms with van der Waals surface area (Å²) in [5.74, 6) is 0.779. The van der Waals surface area contributed by atoms with Gasteiger partial charge in [-0.1, -0.05) is 23.8 Å². The van der Waals surface area contributed by atoms with Gasteiger partial charge in [-0.05, 0) is 55.7 Å². The number of amides is 1. The molecule has 0 fully saturated rings. The van der Waals surface area contributed by atoms with E-state index in [1.807, 2.05) is 36.1 Å². The van der Waals surface area contributed by atoms with Crippen LogP contribution in [0.4, 0.5) is 4.79 Å². The second-order valence-corrected chi connectivity index (χ2v) is 7.52. The van der Waals surface area contributed by atoms with Gasteiger partial charge < -0.3 is 19.2 Å². The van der Waals surface area contributed by atoms with Gasteiger partial charge in [0.1, 0.15) is 18.4 Å². The molecule has 30 heavy (non-hydrogen) atoms. The molecular formula is C24H28N2O4. The van der Waals surface area contributed by atoms with E-state index in [-0.39, 0.29) is 12.1 Å². The molecule has 0 saturated heterocycles. The largest absolute Gasteiger partial charge is 0.491 e. The third-order valence-corrected chi connectivity index (χ3v) is 5.54. The lowest BCUT2D eigenvalue weighted by Crippen LogP contribution is -2.40. The summed E-state index contributed by atoms with van der Waals surface area (Å²) in [6, 6.07) is 14.1. The second-order valence-electron chi connectivity index (χ2n) is 7.52. The van der Waals surface area contributed by atoms with Gasteiger partial charge in [0.2, 0.25) is 0 Å². The van der Waals surface area contributed by atoms with Crippen LogP contribution in [0.15, 0.2) is 42.5 Å². The minimum absolute atomic E-state index is 0.228. The van der Waals surface area contributed by atoms with Crippen molar-refractivity contribution in [1.29, 1.82) is 0 Å². The molecule has 2 heterocycles. The lowest BCUT2D eigenvalue weighted by molar-refractivity contribution is 0.0932. The van der Waals surface area contributed by atoms with Crippen LogP contribution in [0.2, 0.25) is 0 Å². The number of aromatic amines is 1. The Balaban J connectivity index is 1.73. The Kier molecular flexibility index (Phi) is 5.95. The van der Waals surface area contributed by atoms with Crippen molar-refractivity contribution in [2.75, 3.05) is 33.5 Å². The number of H-pyrrole nitrogens is 1. The standard InChI is InChI=1S/C24H28N2O4/c1-4-29-24(27)26-12-11-19-20-15-16(2)5-10-21(20)25-22(19)23(26)17-6-8-18(9-7-17)30-14-13-28-3/h5-10,15,23,25H,4,11-14H2,1-3H3. The van der Waals surface area contributed by atoms with Gasteiger partial charge in [-0.3, -0.25) is 4.90 Å². The fourth-order valence-electron chi connectivity index (χ4n) is 4.14. The summed E-state index contributed by atoms with van der Waals surface area (Å²) in [6.45, 7) is 5.95. The summed E-state index contributed by atoms with van der Waals surface area (Å²) < 4.78 is 16.1. The van der Waals surface area contributed by atoms with Crippen LogP contribution in [0.5, 0.6) is 5.75 Å². The van der Waals surface area contributed by atoms with E-state index in [1.165, 1.54) is 16.5 Å². The van der Waals surface area contributed by atoms with Gasteiger partial charge in [-0.15, -0.1) is 0 Å². The molecule has 0 radical (unpaired) electrons. The molecule has 1 unspecified atom stereocenters. The minimum Gasteiger partial charge on any atom is -0.491 e. The fourth-order valence-corrected chi connectivity index (χ4v) is 4.14. The number of nitrogens with zero attached hydrogens (tertiary/aromatic N) is 1. The Labute approximate surface area is 176 Å². The maximum Gasteiger partial charge on any atom is 0.410 e. The fraction of sp³-hybridized carbons (Fsp3) is 0.375. The quantitative estimate of drug-likeness (QED) is 0.605. The summed E-state index contributed by atoms with van der Waals surface area (Å²) in [6.07, 6.45) is 0.509. The van der Waals surface area contributed by atoms with E-state index >= 15 is 0 Å². The van der Waals surface area contributed by atoms with E-state index in [0.717, 1.165) is 28.9 Å². The molecule has 1 N–H and O–H groups in total. The number of aryl methyl sites for hydroxylation is 1. The van der Waals surface area contributed by atoms with E-state index in [2.05, 4.69) is 30.1 Å². The first-order valence-electron chi connectivity index (χ1n) is 10.4. The molecular weight excluding hydrogens is 380 g/mol. The number of carbonyl (C=O) groups is 1. The highest BCUT2D eigenvalue weighted by Gasteiger charge is 2.35. The summed E-state index contributed by atoms with van der Waals surface area (Å²) in [7, 11) is 1.65. The van der Waals surface area contributed by atoms with Crippen LogP contribution in [0.25, 0.3) is 10.9 Å². The molecule has 1 aromatic heterocycles. The number of aromatic nitrogens is 1. The van der Waals surface area contributed by atoms with E-state index < -0.39 is 0 Å². The Hall–Kier alpha value is -2.99. The van der Waals surface area contributed by atoms with Crippen LogP contribution in [-0.4, -0.2) is 49.5 Å². The van der Waals surface area contributed by atoms with Crippen LogP contribution in [0.3, 0.4) is 0 Å². The van der Waals surface area contributed by atoms with Crippen molar-refractivity contribution in [1.82, 2.24) is 9.88 Å². The predicted octanol–water partition coefficient (Wildman–Crippen LogP) is 4.61. The molecule has 6 nitrogen and oxygen atoms in total. The average molecular weight is 408 g/mol. The first kappa shape index (κ1) is 20.3. The highest BCUT2D eigenvalue weighted by molar-refractivity contribution is 5.86. The van der Waals surface area contributed by atoms with Crippen LogP contribution < -0.4 is 4.74 Å². The van der Waals surface area contributed by atoms with E-state index in [0.29, 0.717) is 26.4 Å². The second kappa shape index (κ2) is 8.79. The van der Waals surface area contributed by atoms with E-state index in [9.17, 15) is 4.79 Å². The van der Waals surface area contributed by atoms with Crippen molar-refractivity contribution < 1.29 is 19.0 Å². The zero-order valence-corrected chi connectivity index (χ0v) is 17.7. The normalized spacial score (nSPS) is 15.8. The van der Waals surface area contributed by atoms with Crippen molar-refractivity contribution in [2.45, 2.75) is 26.3 Å². The number of methoxy groups -OCH3 is 1. The van der Waals surface area contributed by atoms with Gasteiger partial charge in [0.05, 0.1) is 13.2 Å². The summed E-state index contributed by atoms with van der Waals surface area (Å²) in [5, 5.41) is 1.23. The summed E-state index contributed by atoms with van der Waals surface area (Å²) in [5.41, 5.74) is 5.68. The number of rotatable bonds is 6. The van der Waals surface area contributed by atoms with Gasteiger partial charge in [0.15, 0.2) is 0 Å². The molecule has 0 spiro atoms. The number of benzene rings is 2. The molecule has 6 heteroatoms. The summed E-state index contributed by atoms with van der Waals surface area (Å²) in [4.78, 5) is 18.1. The van der Waals surface area contributed by atoms with Gasteiger partial charge >= 0.3 is 6.09 Å². The number of hydrogen-bond donors (Lipinski definition) is 1. The van der Waals surface area contributed by atoms with Gasteiger partial charge in [0, 0.05) is 30.3 Å². The van der Waals surface area contributed by atoms with E-state index in [1.54, 1.807) is 7.11 Å². The molecule has 4 rings (SSSR count). The Morgan fingerprint density at radius 1 is 1.17 bits per heavy atom. The number of carbonyl (C=O) groups excluding carboxylic acids is 1. The maximum absolute atomic E-state index is 12.8. The zero-order chi connectivity index (χ0) is 21.1. The van der Waals surface area contributed by atoms with Gasteiger partial charge in [-0.2, -0.15) is 0 Å². The van der Waals surface area contributed by atoms with Crippen LogP contribution in [0, 0.1) is 6.92 Å². The van der Waals surface area contributed by atoms with Crippen LogP contribution >= 0.6 is 0 Å². The molecule has 1 atom stereocenters.